The first-order chi connectivity index (χ1) is 8.22. The smallest absolute Gasteiger partial charge is 0.230 e. The maximum Gasteiger partial charge on any atom is 0.230 e. The third kappa shape index (κ3) is 2.61. The Morgan fingerprint density at radius 1 is 1.24 bits per heavy atom. The van der Waals surface area contributed by atoms with Gasteiger partial charge in [0.1, 0.15) is 0 Å². The van der Waals surface area contributed by atoms with E-state index in [1.807, 2.05) is 31.2 Å². The fourth-order valence-corrected chi connectivity index (χ4v) is 2.08. The lowest BCUT2D eigenvalue weighted by Crippen LogP contribution is -2.27. The van der Waals surface area contributed by atoms with Crippen LogP contribution in [0.2, 0.25) is 0 Å². The highest BCUT2D eigenvalue weighted by atomic mass is 32.1. The molecular formula is C14H15NOS. The number of hydrogen-bond acceptors (Lipinski definition) is 2. The molecule has 0 heterocycles. The van der Waals surface area contributed by atoms with Crippen molar-refractivity contribution in [3.05, 3.63) is 48.0 Å². The second-order valence-corrected chi connectivity index (χ2v) is 4.33. The molecule has 0 unspecified atom stereocenters. The lowest BCUT2D eigenvalue weighted by Gasteiger charge is -2.16. The molecule has 0 saturated carbocycles. The van der Waals surface area contributed by atoms with Gasteiger partial charge in [0.05, 0.1) is 11.8 Å². The number of carbonyl (C=O) groups is 1. The second-order valence-electron chi connectivity index (χ2n) is 4.02. The summed E-state index contributed by atoms with van der Waals surface area (Å²) in [5, 5.41) is 5.30. The van der Waals surface area contributed by atoms with Crippen molar-refractivity contribution < 1.29 is 4.79 Å². The molecule has 0 saturated heterocycles. The third-order valence-corrected chi connectivity index (χ3v) is 3.10. The first kappa shape index (κ1) is 12.0. The highest BCUT2D eigenvalue weighted by Crippen LogP contribution is 2.23. The van der Waals surface area contributed by atoms with E-state index < -0.39 is 0 Å². The molecule has 1 amide bonds. The van der Waals surface area contributed by atoms with Crippen molar-refractivity contribution in [1.82, 2.24) is 5.32 Å². The molecule has 0 aliphatic rings. The van der Waals surface area contributed by atoms with Gasteiger partial charge >= 0.3 is 0 Å². The molecule has 0 radical (unpaired) electrons. The Bertz CT molecular complexity index is 533. The van der Waals surface area contributed by atoms with E-state index >= 15 is 0 Å². The maximum atomic E-state index is 11.3. The van der Waals surface area contributed by atoms with Gasteiger partial charge in [0.25, 0.3) is 0 Å². The quantitative estimate of drug-likeness (QED) is 0.800. The van der Waals surface area contributed by atoms with Gasteiger partial charge in [0, 0.05) is 0 Å². The number of amides is 1. The van der Waals surface area contributed by atoms with E-state index in [0.29, 0.717) is 0 Å². The van der Waals surface area contributed by atoms with E-state index in [-0.39, 0.29) is 17.7 Å². The van der Waals surface area contributed by atoms with Gasteiger partial charge in [-0.05, 0) is 23.3 Å². The van der Waals surface area contributed by atoms with Gasteiger partial charge < -0.3 is 5.32 Å². The van der Waals surface area contributed by atoms with Gasteiger partial charge in [-0.15, -0.1) is 0 Å². The van der Waals surface area contributed by atoms with Crippen molar-refractivity contribution in [2.75, 3.05) is 5.75 Å². The normalized spacial score (nSPS) is 12.4. The van der Waals surface area contributed by atoms with Gasteiger partial charge in [-0.3, -0.25) is 4.79 Å². The van der Waals surface area contributed by atoms with Crippen LogP contribution in [0.1, 0.15) is 18.5 Å². The van der Waals surface area contributed by atoms with Crippen LogP contribution < -0.4 is 5.32 Å². The fraction of sp³-hybridized carbons (Fsp3) is 0.214. The summed E-state index contributed by atoms with van der Waals surface area (Å²) < 4.78 is 0. The number of benzene rings is 2. The number of thiol groups is 1. The summed E-state index contributed by atoms with van der Waals surface area (Å²) in [7, 11) is 0. The van der Waals surface area contributed by atoms with E-state index in [1.54, 1.807) is 0 Å². The Labute approximate surface area is 106 Å². The van der Waals surface area contributed by atoms with Gasteiger partial charge in [0.15, 0.2) is 0 Å². The zero-order valence-electron chi connectivity index (χ0n) is 9.68. The summed E-state index contributed by atoms with van der Waals surface area (Å²) in [4.78, 5) is 11.3. The van der Waals surface area contributed by atoms with Crippen molar-refractivity contribution in [2.24, 2.45) is 0 Å². The van der Waals surface area contributed by atoms with E-state index in [1.165, 1.54) is 10.8 Å². The first-order valence-electron chi connectivity index (χ1n) is 5.60. The average molecular weight is 245 g/mol. The highest BCUT2D eigenvalue weighted by Gasteiger charge is 2.10. The van der Waals surface area contributed by atoms with Gasteiger partial charge in [-0.25, -0.2) is 0 Å². The third-order valence-electron chi connectivity index (χ3n) is 2.81. The monoisotopic (exact) mass is 245 g/mol. The Hall–Kier alpha value is -1.48. The number of rotatable bonds is 3. The summed E-state index contributed by atoms with van der Waals surface area (Å²) >= 11 is 3.96. The minimum atomic E-state index is -0.0474. The van der Waals surface area contributed by atoms with Crippen molar-refractivity contribution in [1.29, 1.82) is 0 Å². The number of carbonyl (C=O) groups excluding carboxylic acids is 1. The van der Waals surface area contributed by atoms with Gasteiger partial charge in [0.2, 0.25) is 5.91 Å². The summed E-state index contributed by atoms with van der Waals surface area (Å²) in [6.45, 7) is 1.99. The van der Waals surface area contributed by atoms with Crippen LogP contribution in [-0.4, -0.2) is 11.7 Å². The average Bonchev–Trinajstić information content (AvgIpc) is 2.37. The van der Waals surface area contributed by atoms with Crippen LogP contribution in [0, 0.1) is 0 Å². The molecule has 0 aliphatic heterocycles. The van der Waals surface area contributed by atoms with Crippen LogP contribution in [0.4, 0.5) is 0 Å². The molecule has 17 heavy (non-hydrogen) atoms. The number of nitrogens with one attached hydrogen (secondary N) is 1. The molecule has 0 aromatic heterocycles. The second kappa shape index (κ2) is 5.23. The Morgan fingerprint density at radius 3 is 2.71 bits per heavy atom. The maximum absolute atomic E-state index is 11.3. The van der Waals surface area contributed by atoms with Crippen LogP contribution in [-0.2, 0) is 4.79 Å². The number of fused-ring (bicyclic) bond motifs is 1. The van der Waals surface area contributed by atoms with Crippen LogP contribution in [0.15, 0.2) is 42.5 Å². The molecule has 3 heteroatoms. The molecule has 0 fully saturated rings. The molecular weight excluding hydrogens is 230 g/mol. The van der Waals surface area contributed by atoms with Crippen molar-refractivity contribution >= 4 is 29.3 Å². The van der Waals surface area contributed by atoms with Gasteiger partial charge in [-0.2, -0.15) is 12.6 Å². The van der Waals surface area contributed by atoms with E-state index in [4.69, 9.17) is 0 Å². The first-order valence-corrected chi connectivity index (χ1v) is 6.23. The molecule has 2 rings (SSSR count). The molecule has 2 nitrogen and oxygen atoms in total. The summed E-state index contributed by atoms with van der Waals surface area (Å²) in [5.74, 6) is 0.170. The molecule has 88 valence electrons. The van der Waals surface area contributed by atoms with E-state index in [2.05, 4.69) is 36.1 Å². The van der Waals surface area contributed by atoms with Crippen molar-refractivity contribution in [3.63, 3.8) is 0 Å². The summed E-state index contributed by atoms with van der Waals surface area (Å²) in [6, 6.07) is 14.3. The number of hydrogen-bond donors (Lipinski definition) is 2. The van der Waals surface area contributed by atoms with E-state index in [9.17, 15) is 4.79 Å². The molecule has 2 aromatic rings. The Morgan fingerprint density at radius 2 is 1.94 bits per heavy atom. The van der Waals surface area contributed by atoms with Crippen molar-refractivity contribution in [3.8, 4) is 0 Å². The minimum Gasteiger partial charge on any atom is -0.349 e. The predicted octanol–water partition coefficient (Wildman–Crippen LogP) is 2.95. The standard InChI is InChI=1S/C14H15NOS/c1-10(15-14(16)9-17)12-8-4-6-11-5-2-3-7-13(11)12/h2-8,10,17H,9H2,1H3,(H,15,16)/t10-/m0/s1. The SMILES string of the molecule is C[C@H](NC(=O)CS)c1cccc2ccccc12. The zero-order chi connectivity index (χ0) is 12.3. The molecule has 1 atom stereocenters. The highest BCUT2D eigenvalue weighted by molar-refractivity contribution is 7.81. The largest absolute Gasteiger partial charge is 0.349 e. The lowest BCUT2D eigenvalue weighted by molar-refractivity contribution is -0.119. The predicted molar refractivity (Wildman–Crippen MR) is 74.4 cm³/mol. The van der Waals surface area contributed by atoms with Crippen LogP contribution in [0.3, 0.4) is 0 Å². The fourth-order valence-electron chi connectivity index (χ4n) is 1.99. The topological polar surface area (TPSA) is 29.1 Å². The lowest BCUT2D eigenvalue weighted by atomic mass is 10.00. The van der Waals surface area contributed by atoms with E-state index in [0.717, 1.165) is 5.56 Å². The Kier molecular flexibility index (Phi) is 3.69. The molecule has 0 aliphatic carbocycles. The Balaban J connectivity index is 2.38. The molecule has 1 N–H and O–H groups in total. The minimum absolute atomic E-state index is 0.000694. The van der Waals surface area contributed by atoms with Crippen molar-refractivity contribution in [2.45, 2.75) is 13.0 Å². The molecule has 0 spiro atoms. The summed E-state index contributed by atoms with van der Waals surface area (Å²) in [5.41, 5.74) is 1.14. The summed E-state index contributed by atoms with van der Waals surface area (Å²) in [6.07, 6.45) is 0. The zero-order valence-corrected chi connectivity index (χ0v) is 10.6. The van der Waals surface area contributed by atoms with Gasteiger partial charge in [-0.1, -0.05) is 42.5 Å². The van der Waals surface area contributed by atoms with Crippen LogP contribution in [0.25, 0.3) is 10.8 Å². The van der Waals surface area contributed by atoms with Crippen LogP contribution >= 0.6 is 12.6 Å². The molecule has 2 aromatic carbocycles. The van der Waals surface area contributed by atoms with Crippen LogP contribution in [0.5, 0.6) is 0 Å². The molecule has 0 bridgehead atoms.